The summed E-state index contributed by atoms with van der Waals surface area (Å²) in [5, 5.41) is 1.79. The van der Waals surface area contributed by atoms with Crippen LogP contribution >= 0.6 is 34.8 Å². The maximum absolute atomic E-state index is 13.5. The van der Waals surface area contributed by atoms with Gasteiger partial charge in [-0.1, -0.05) is 70.7 Å². The van der Waals surface area contributed by atoms with Gasteiger partial charge in [0.1, 0.15) is 0 Å². The molecule has 1 aliphatic heterocycles. The molecule has 0 unspecified atom stereocenters. The lowest BCUT2D eigenvalue weighted by Crippen LogP contribution is -2.58. The SMILES string of the molecule is COC[C@H]1CN(c2ccc(C)cc2)[C@H](c2ccc(Cl)cc2Cl)CN1C(=O)Cc1cccc(Cl)c1. The van der Waals surface area contributed by atoms with E-state index in [1.807, 2.05) is 41.3 Å². The van der Waals surface area contributed by atoms with E-state index in [0.29, 0.717) is 34.8 Å². The van der Waals surface area contributed by atoms with E-state index < -0.39 is 0 Å². The molecule has 1 heterocycles. The number of halogens is 3. The number of hydrogen-bond acceptors (Lipinski definition) is 3. The molecule has 3 aromatic carbocycles. The first-order valence-electron chi connectivity index (χ1n) is 11.2. The van der Waals surface area contributed by atoms with Gasteiger partial charge < -0.3 is 14.5 Å². The van der Waals surface area contributed by atoms with Crippen molar-refractivity contribution in [3.05, 3.63) is 98.5 Å². The number of piperazine rings is 1. The van der Waals surface area contributed by atoms with Crippen LogP contribution in [0.1, 0.15) is 22.7 Å². The third kappa shape index (κ3) is 5.69. The zero-order chi connectivity index (χ0) is 24.2. The van der Waals surface area contributed by atoms with Gasteiger partial charge in [-0.05, 0) is 54.4 Å². The highest BCUT2D eigenvalue weighted by Gasteiger charge is 2.38. The first-order chi connectivity index (χ1) is 16.4. The summed E-state index contributed by atoms with van der Waals surface area (Å²) in [6.45, 7) is 3.59. The van der Waals surface area contributed by atoms with E-state index in [4.69, 9.17) is 39.5 Å². The number of rotatable bonds is 6. The molecule has 1 amide bonds. The van der Waals surface area contributed by atoms with Crippen molar-refractivity contribution in [1.29, 1.82) is 0 Å². The van der Waals surface area contributed by atoms with Gasteiger partial charge >= 0.3 is 0 Å². The zero-order valence-corrected chi connectivity index (χ0v) is 21.4. The number of aryl methyl sites for hydroxylation is 1. The molecule has 4 nitrogen and oxygen atoms in total. The molecular weight excluding hydrogens is 491 g/mol. The van der Waals surface area contributed by atoms with Gasteiger partial charge in [0.2, 0.25) is 5.91 Å². The van der Waals surface area contributed by atoms with E-state index >= 15 is 0 Å². The minimum absolute atomic E-state index is 0.0305. The first-order valence-corrected chi connectivity index (χ1v) is 12.3. The molecule has 0 bridgehead atoms. The fourth-order valence-corrected chi connectivity index (χ4v) is 5.26. The zero-order valence-electron chi connectivity index (χ0n) is 19.2. The summed E-state index contributed by atoms with van der Waals surface area (Å²) < 4.78 is 5.53. The van der Waals surface area contributed by atoms with Gasteiger partial charge in [-0.15, -0.1) is 0 Å². The van der Waals surface area contributed by atoms with Gasteiger partial charge in [0.05, 0.1) is 25.1 Å². The van der Waals surface area contributed by atoms with Crippen molar-refractivity contribution in [1.82, 2.24) is 4.90 Å². The highest BCUT2D eigenvalue weighted by Crippen LogP contribution is 2.37. The van der Waals surface area contributed by atoms with Gasteiger partial charge in [-0.25, -0.2) is 0 Å². The Labute approximate surface area is 216 Å². The van der Waals surface area contributed by atoms with Crippen LogP contribution in [0.3, 0.4) is 0 Å². The van der Waals surface area contributed by atoms with Crippen LogP contribution in [0, 0.1) is 6.92 Å². The van der Waals surface area contributed by atoms with Crippen molar-refractivity contribution in [2.45, 2.75) is 25.4 Å². The molecular formula is C27H27Cl3N2O2. The topological polar surface area (TPSA) is 32.8 Å². The first kappa shape index (κ1) is 24.9. The minimum atomic E-state index is -0.135. The summed E-state index contributed by atoms with van der Waals surface area (Å²) in [4.78, 5) is 17.8. The number of amides is 1. The third-order valence-corrected chi connectivity index (χ3v) is 7.00. The summed E-state index contributed by atoms with van der Waals surface area (Å²) in [5.74, 6) is 0.0305. The van der Waals surface area contributed by atoms with E-state index in [1.54, 1.807) is 13.2 Å². The second-order valence-electron chi connectivity index (χ2n) is 8.63. The van der Waals surface area contributed by atoms with Crippen molar-refractivity contribution in [3.63, 3.8) is 0 Å². The fourth-order valence-electron chi connectivity index (χ4n) is 4.51. The molecule has 0 aliphatic carbocycles. The molecule has 3 aromatic rings. The summed E-state index contributed by atoms with van der Waals surface area (Å²) in [5.41, 5.74) is 4.08. The van der Waals surface area contributed by atoms with E-state index in [0.717, 1.165) is 16.8 Å². The Morgan fingerprint density at radius 2 is 1.71 bits per heavy atom. The average molecular weight is 518 g/mol. The molecule has 1 saturated heterocycles. The minimum Gasteiger partial charge on any atom is -0.382 e. The molecule has 2 atom stereocenters. The number of benzene rings is 3. The number of methoxy groups -OCH3 is 1. The van der Waals surface area contributed by atoms with Crippen molar-refractivity contribution in [2.24, 2.45) is 0 Å². The summed E-state index contributed by atoms with van der Waals surface area (Å²) in [6, 6.07) is 21.1. The van der Waals surface area contributed by atoms with Gasteiger partial charge in [-0.3, -0.25) is 4.79 Å². The molecule has 0 saturated carbocycles. The number of hydrogen-bond donors (Lipinski definition) is 0. The summed E-state index contributed by atoms with van der Waals surface area (Å²) >= 11 is 19.0. The summed E-state index contributed by atoms with van der Waals surface area (Å²) in [6.07, 6.45) is 0.270. The predicted molar refractivity (Wildman–Crippen MR) is 140 cm³/mol. The molecule has 0 radical (unpaired) electrons. The van der Waals surface area contributed by atoms with Crippen molar-refractivity contribution in [2.75, 3.05) is 31.7 Å². The Morgan fingerprint density at radius 1 is 0.971 bits per heavy atom. The normalized spacial score (nSPS) is 18.3. The second kappa shape index (κ2) is 11.0. The number of ether oxygens (including phenoxy) is 1. The molecule has 1 fully saturated rings. The highest BCUT2D eigenvalue weighted by atomic mass is 35.5. The van der Waals surface area contributed by atoms with Gasteiger partial charge in [0.25, 0.3) is 0 Å². The molecule has 34 heavy (non-hydrogen) atoms. The Kier molecular flexibility index (Phi) is 8.05. The monoisotopic (exact) mass is 516 g/mol. The van der Waals surface area contributed by atoms with Crippen LogP contribution in [-0.4, -0.2) is 43.7 Å². The van der Waals surface area contributed by atoms with Gasteiger partial charge in [0.15, 0.2) is 0 Å². The lowest BCUT2D eigenvalue weighted by molar-refractivity contribution is -0.135. The van der Waals surface area contributed by atoms with Crippen molar-refractivity contribution < 1.29 is 9.53 Å². The quantitative estimate of drug-likeness (QED) is 0.369. The van der Waals surface area contributed by atoms with Gasteiger partial charge in [-0.2, -0.15) is 0 Å². The maximum Gasteiger partial charge on any atom is 0.227 e. The van der Waals surface area contributed by atoms with Crippen LogP contribution in [0.15, 0.2) is 66.7 Å². The maximum atomic E-state index is 13.5. The molecule has 7 heteroatoms. The van der Waals surface area contributed by atoms with E-state index in [9.17, 15) is 4.79 Å². The van der Waals surface area contributed by atoms with E-state index in [1.165, 1.54) is 5.56 Å². The van der Waals surface area contributed by atoms with Crippen LogP contribution in [0.2, 0.25) is 15.1 Å². The number of carbonyl (C=O) groups excluding carboxylic acids is 1. The second-order valence-corrected chi connectivity index (χ2v) is 9.91. The smallest absolute Gasteiger partial charge is 0.227 e. The summed E-state index contributed by atoms with van der Waals surface area (Å²) in [7, 11) is 1.66. The molecule has 0 N–H and O–H groups in total. The standard InChI is InChI=1S/C27H27Cl3N2O2/c1-18-6-9-22(10-7-18)31-15-23(17-34-2)32(27(33)13-19-4-3-5-20(28)12-19)16-26(31)24-11-8-21(29)14-25(24)30/h3-12,14,23,26H,13,15-17H2,1-2H3/t23-,26+/m1/s1. The highest BCUT2D eigenvalue weighted by molar-refractivity contribution is 6.35. The van der Waals surface area contributed by atoms with Crippen LogP contribution in [0.25, 0.3) is 0 Å². The van der Waals surface area contributed by atoms with Crippen LogP contribution in [-0.2, 0) is 16.0 Å². The molecule has 0 aromatic heterocycles. The molecule has 1 aliphatic rings. The van der Waals surface area contributed by atoms with E-state index in [2.05, 4.69) is 36.1 Å². The van der Waals surface area contributed by atoms with Crippen LogP contribution in [0.4, 0.5) is 5.69 Å². The lowest BCUT2D eigenvalue weighted by Gasteiger charge is -2.48. The van der Waals surface area contributed by atoms with E-state index in [-0.39, 0.29) is 24.4 Å². The average Bonchev–Trinajstić information content (AvgIpc) is 2.80. The number of anilines is 1. The van der Waals surface area contributed by atoms with Gasteiger partial charge in [0, 0.05) is 41.0 Å². The lowest BCUT2D eigenvalue weighted by atomic mass is 9.97. The largest absolute Gasteiger partial charge is 0.382 e. The Balaban J connectivity index is 1.70. The van der Waals surface area contributed by atoms with Crippen LogP contribution in [0.5, 0.6) is 0 Å². The predicted octanol–water partition coefficient (Wildman–Crippen LogP) is 6.60. The number of nitrogens with zero attached hydrogens (tertiary/aromatic N) is 2. The molecule has 178 valence electrons. The number of carbonyl (C=O) groups is 1. The third-order valence-electron chi connectivity index (χ3n) is 6.20. The van der Waals surface area contributed by atoms with Crippen LogP contribution < -0.4 is 4.90 Å². The molecule has 4 rings (SSSR count). The Morgan fingerprint density at radius 3 is 2.38 bits per heavy atom. The molecule has 0 spiro atoms. The Hall–Kier alpha value is -2.24. The fraction of sp³-hybridized carbons (Fsp3) is 0.296. The van der Waals surface area contributed by atoms with Crippen molar-refractivity contribution >= 4 is 46.4 Å². The Bertz CT molecular complexity index is 1150. The van der Waals surface area contributed by atoms with Crippen molar-refractivity contribution in [3.8, 4) is 0 Å².